The van der Waals surface area contributed by atoms with Gasteiger partial charge in [0.15, 0.2) is 0 Å². The maximum Gasteiger partial charge on any atom is 0.252 e. The lowest BCUT2D eigenvalue weighted by molar-refractivity contribution is 0.108. The number of alkyl halides is 1. The van der Waals surface area contributed by atoms with E-state index in [-0.39, 0.29) is 0 Å². The van der Waals surface area contributed by atoms with Gasteiger partial charge in [0.1, 0.15) is 0 Å². The van der Waals surface area contributed by atoms with Gasteiger partial charge in [-0.1, -0.05) is 13.8 Å². The maximum atomic E-state index is 11.4. The highest BCUT2D eigenvalue weighted by Crippen LogP contribution is 2.44. The van der Waals surface area contributed by atoms with Crippen molar-refractivity contribution < 1.29 is 4.79 Å². The van der Waals surface area contributed by atoms with Crippen molar-refractivity contribution in [1.82, 2.24) is 0 Å². The van der Waals surface area contributed by atoms with Crippen molar-refractivity contribution in [2.45, 2.75) is 39.0 Å². The molecule has 2 rings (SSSR count). The first-order chi connectivity index (χ1) is 9.19. The number of carbonyl (C=O) groups is 1. The zero-order valence-electron chi connectivity index (χ0n) is 11.2. The van der Waals surface area contributed by atoms with Crippen LogP contribution in [-0.2, 0) is 6.42 Å². The van der Waals surface area contributed by atoms with Crippen molar-refractivity contribution in [2.75, 3.05) is 5.88 Å². The molecule has 1 aliphatic carbocycles. The third-order valence-electron chi connectivity index (χ3n) is 3.02. The summed E-state index contributed by atoms with van der Waals surface area (Å²) in [6.45, 7) is 4.00. The average Bonchev–Trinajstić information content (AvgIpc) is 3.24. The molecule has 0 N–H and O–H groups in total. The molecular weight excluding hydrogens is 281 g/mol. The summed E-state index contributed by atoms with van der Waals surface area (Å²) in [7, 11) is 0. The van der Waals surface area contributed by atoms with Crippen LogP contribution in [0, 0.1) is 11.3 Å². The van der Waals surface area contributed by atoms with Crippen LogP contribution in [0.2, 0.25) is 0 Å². The van der Waals surface area contributed by atoms with Gasteiger partial charge < -0.3 is 0 Å². The third kappa shape index (κ3) is 3.72. The summed E-state index contributed by atoms with van der Waals surface area (Å²) >= 11 is 11.3. The van der Waals surface area contributed by atoms with Crippen LogP contribution >= 0.6 is 23.2 Å². The Kier molecular flexibility index (Phi) is 6.34. The van der Waals surface area contributed by atoms with Gasteiger partial charge in [-0.25, -0.2) is 0 Å². The quantitative estimate of drug-likeness (QED) is 0.601. The fourth-order valence-corrected chi connectivity index (χ4v) is 2.51. The van der Waals surface area contributed by atoms with Crippen LogP contribution in [-0.4, -0.2) is 11.1 Å². The third-order valence-corrected chi connectivity index (χ3v) is 3.41. The minimum Gasteiger partial charge on any atom is -0.276 e. The van der Waals surface area contributed by atoms with E-state index in [1.165, 1.54) is 0 Å². The van der Waals surface area contributed by atoms with E-state index in [1.807, 2.05) is 13.8 Å². The molecule has 1 aliphatic rings. The maximum absolute atomic E-state index is 11.4. The van der Waals surface area contributed by atoms with Crippen LogP contribution < -0.4 is 0 Å². The van der Waals surface area contributed by atoms with E-state index in [0.29, 0.717) is 29.3 Å². The van der Waals surface area contributed by atoms with Crippen LogP contribution in [0.3, 0.4) is 0 Å². The molecule has 1 aromatic carbocycles. The number of carbonyl (C=O) groups excluding carboxylic acids is 1. The molecule has 0 bridgehead atoms. The van der Waals surface area contributed by atoms with Crippen LogP contribution in [0.15, 0.2) is 12.1 Å². The second-order valence-corrected chi connectivity index (χ2v) is 4.87. The van der Waals surface area contributed by atoms with E-state index in [9.17, 15) is 4.79 Å². The van der Waals surface area contributed by atoms with Crippen molar-refractivity contribution in [3.8, 4) is 6.07 Å². The van der Waals surface area contributed by atoms with Gasteiger partial charge in [-0.15, -0.1) is 11.6 Å². The average molecular weight is 298 g/mol. The zero-order chi connectivity index (χ0) is 14.4. The Hall–Kier alpha value is -1.04. The van der Waals surface area contributed by atoms with Gasteiger partial charge in [-0.05, 0) is 60.0 Å². The van der Waals surface area contributed by atoms with Gasteiger partial charge in [0.05, 0.1) is 11.6 Å². The Morgan fingerprint density at radius 1 is 1.42 bits per heavy atom. The highest BCUT2D eigenvalue weighted by molar-refractivity contribution is 6.68. The molecule has 2 nitrogen and oxygen atoms in total. The number of benzene rings is 1. The molecule has 1 fully saturated rings. The van der Waals surface area contributed by atoms with Gasteiger partial charge in [-0.2, -0.15) is 5.26 Å². The van der Waals surface area contributed by atoms with Crippen LogP contribution in [0.1, 0.15) is 59.7 Å². The molecule has 0 unspecified atom stereocenters. The van der Waals surface area contributed by atoms with Gasteiger partial charge in [-0.3, -0.25) is 4.79 Å². The van der Waals surface area contributed by atoms with E-state index in [2.05, 4.69) is 6.07 Å². The van der Waals surface area contributed by atoms with Crippen molar-refractivity contribution in [2.24, 2.45) is 0 Å². The van der Waals surface area contributed by atoms with Gasteiger partial charge in [0, 0.05) is 11.4 Å². The lowest BCUT2D eigenvalue weighted by Crippen LogP contribution is -2.05. The van der Waals surface area contributed by atoms with Gasteiger partial charge in [0.2, 0.25) is 0 Å². The van der Waals surface area contributed by atoms with Crippen LogP contribution in [0.4, 0.5) is 0 Å². The topological polar surface area (TPSA) is 40.9 Å². The number of nitrogens with zero attached hydrogens (tertiary/aromatic N) is 1. The van der Waals surface area contributed by atoms with E-state index >= 15 is 0 Å². The Bertz CT molecular complexity index is 502. The van der Waals surface area contributed by atoms with Crippen LogP contribution in [0.25, 0.3) is 0 Å². The minimum atomic E-state index is -0.475. The summed E-state index contributed by atoms with van der Waals surface area (Å²) in [5, 5.41) is 8.64. The molecule has 0 radical (unpaired) electrons. The molecule has 4 heteroatoms. The predicted molar refractivity (Wildman–Crippen MR) is 79.1 cm³/mol. The first-order valence-corrected chi connectivity index (χ1v) is 7.42. The first kappa shape index (κ1) is 16.0. The van der Waals surface area contributed by atoms with E-state index in [1.54, 1.807) is 12.1 Å². The number of hydrogen-bond donors (Lipinski definition) is 0. The number of rotatable bonds is 4. The molecule has 0 atom stereocenters. The molecule has 19 heavy (non-hydrogen) atoms. The monoisotopic (exact) mass is 297 g/mol. The summed E-state index contributed by atoms with van der Waals surface area (Å²) in [6, 6.07) is 5.49. The normalized spacial score (nSPS) is 13.2. The fourth-order valence-electron chi connectivity index (χ4n) is 2.15. The predicted octanol–water partition coefficient (Wildman–Crippen LogP) is 4.62. The van der Waals surface area contributed by atoms with Crippen molar-refractivity contribution in [3.05, 3.63) is 34.4 Å². The SMILES string of the molecule is CC.N#Cc1ccc(C(=O)Cl)c(CCCl)c1C1CC1. The molecule has 0 spiro atoms. The van der Waals surface area contributed by atoms with Crippen LogP contribution in [0.5, 0.6) is 0 Å². The number of nitriles is 1. The summed E-state index contributed by atoms with van der Waals surface area (Å²) < 4.78 is 0. The standard InChI is InChI=1S/C13H11Cl2NO.C2H6/c14-6-5-10-11(13(15)17)4-3-9(7-16)12(10)8-1-2-8;1-2/h3-4,8H,1-2,5-6H2;1-2H3. The fraction of sp³-hybridized carbons (Fsp3) is 0.467. The summed E-state index contributed by atoms with van der Waals surface area (Å²) in [4.78, 5) is 11.4. The summed E-state index contributed by atoms with van der Waals surface area (Å²) in [5.41, 5.74) is 2.99. The van der Waals surface area contributed by atoms with Gasteiger partial charge in [0.25, 0.3) is 5.24 Å². The Balaban J connectivity index is 0.000000861. The molecule has 1 saturated carbocycles. The number of hydrogen-bond acceptors (Lipinski definition) is 2. The van der Waals surface area contributed by atoms with Crippen molar-refractivity contribution in [1.29, 1.82) is 5.26 Å². The number of halogens is 2. The van der Waals surface area contributed by atoms with E-state index in [0.717, 1.165) is 24.0 Å². The highest BCUT2D eigenvalue weighted by Gasteiger charge is 2.30. The Morgan fingerprint density at radius 3 is 2.47 bits per heavy atom. The molecular formula is C15H17Cl2NO. The summed E-state index contributed by atoms with van der Waals surface area (Å²) in [5.74, 6) is 0.824. The van der Waals surface area contributed by atoms with E-state index < -0.39 is 5.24 Å². The highest BCUT2D eigenvalue weighted by atomic mass is 35.5. The molecule has 0 aromatic heterocycles. The largest absolute Gasteiger partial charge is 0.276 e. The second kappa shape index (κ2) is 7.53. The molecule has 1 aromatic rings. The molecule has 0 aliphatic heterocycles. The first-order valence-electron chi connectivity index (χ1n) is 6.50. The Labute approximate surface area is 124 Å². The van der Waals surface area contributed by atoms with Gasteiger partial charge >= 0.3 is 0 Å². The van der Waals surface area contributed by atoms with Crippen molar-refractivity contribution in [3.63, 3.8) is 0 Å². The zero-order valence-corrected chi connectivity index (χ0v) is 12.7. The molecule has 102 valence electrons. The minimum absolute atomic E-state index is 0.402. The molecule has 0 saturated heterocycles. The lowest BCUT2D eigenvalue weighted by atomic mass is 9.92. The van der Waals surface area contributed by atoms with Crippen molar-refractivity contribution >= 4 is 28.4 Å². The summed E-state index contributed by atoms with van der Waals surface area (Å²) in [6.07, 6.45) is 2.73. The lowest BCUT2D eigenvalue weighted by Gasteiger charge is -2.13. The molecule has 0 heterocycles. The smallest absolute Gasteiger partial charge is 0.252 e. The second-order valence-electron chi connectivity index (χ2n) is 4.15. The van der Waals surface area contributed by atoms with E-state index in [4.69, 9.17) is 28.5 Å². The Morgan fingerprint density at radius 2 is 2.05 bits per heavy atom. The molecule has 0 amide bonds.